The van der Waals surface area contributed by atoms with E-state index in [1.54, 1.807) is 0 Å². The highest BCUT2D eigenvalue weighted by Gasteiger charge is 1.97. The zero-order chi connectivity index (χ0) is 7.11. The highest BCUT2D eigenvalue weighted by Crippen LogP contribution is 2.03. The molecule has 0 bridgehead atoms. The topological polar surface area (TPSA) is 20.2 Å². The van der Waals surface area contributed by atoms with Crippen LogP contribution in [0.25, 0.3) is 0 Å². The molecule has 1 atom stereocenters. The van der Waals surface area contributed by atoms with E-state index in [0.717, 1.165) is 31.6 Å². The first kappa shape index (κ1) is 9.25. The molecule has 1 N–H and O–H groups in total. The molecule has 0 spiro atoms. The minimum atomic E-state index is -0.104. The third kappa shape index (κ3) is 6.13. The van der Waals surface area contributed by atoms with Crippen molar-refractivity contribution in [2.75, 3.05) is 5.88 Å². The van der Waals surface area contributed by atoms with Gasteiger partial charge < -0.3 is 5.11 Å². The van der Waals surface area contributed by atoms with Gasteiger partial charge in [0.1, 0.15) is 0 Å². The van der Waals surface area contributed by atoms with Crippen LogP contribution >= 0.6 is 11.6 Å². The fourth-order valence-corrected chi connectivity index (χ4v) is 0.868. The van der Waals surface area contributed by atoms with Crippen molar-refractivity contribution in [1.29, 1.82) is 0 Å². The standard InChI is InChI=1S/C7H15ClO/c1-2-7(9)5-3-4-6-8/h7,9H,2-6H2,1H3. The zero-order valence-corrected chi connectivity index (χ0v) is 6.69. The summed E-state index contributed by atoms with van der Waals surface area (Å²) in [5.74, 6) is 0.719. The molecule has 2 heteroatoms. The zero-order valence-electron chi connectivity index (χ0n) is 5.94. The van der Waals surface area contributed by atoms with Crippen molar-refractivity contribution < 1.29 is 5.11 Å². The molecule has 1 unspecified atom stereocenters. The van der Waals surface area contributed by atoms with Crippen molar-refractivity contribution in [3.8, 4) is 0 Å². The number of aliphatic hydroxyl groups excluding tert-OH is 1. The minimum Gasteiger partial charge on any atom is -0.393 e. The Bertz CT molecular complexity index is 56.9. The highest BCUT2D eigenvalue weighted by molar-refractivity contribution is 6.17. The summed E-state index contributed by atoms with van der Waals surface area (Å²) in [6, 6.07) is 0. The first-order valence-electron chi connectivity index (χ1n) is 3.55. The predicted molar refractivity (Wildman–Crippen MR) is 40.9 cm³/mol. The van der Waals surface area contributed by atoms with Gasteiger partial charge in [0.2, 0.25) is 0 Å². The normalized spacial score (nSPS) is 13.7. The molecule has 0 aliphatic rings. The van der Waals surface area contributed by atoms with Crippen molar-refractivity contribution in [3.05, 3.63) is 0 Å². The Morgan fingerprint density at radius 3 is 2.56 bits per heavy atom. The smallest absolute Gasteiger partial charge is 0.0537 e. The Kier molecular flexibility index (Phi) is 6.55. The van der Waals surface area contributed by atoms with Crippen LogP contribution in [0, 0.1) is 0 Å². The van der Waals surface area contributed by atoms with Crippen molar-refractivity contribution >= 4 is 11.6 Å². The fourth-order valence-electron chi connectivity index (χ4n) is 0.679. The first-order chi connectivity index (χ1) is 4.31. The van der Waals surface area contributed by atoms with Gasteiger partial charge in [-0.2, -0.15) is 0 Å². The Hall–Kier alpha value is 0.250. The molecular weight excluding hydrogens is 136 g/mol. The van der Waals surface area contributed by atoms with Crippen LogP contribution < -0.4 is 0 Å². The van der Waals surface area contributed by atoms with E-state index in [-0.39, 0.29) is 6.10 Å². The van der Waals surface area contributed by atoms with E-state index >= 15 is 0 Å². The van der Waals surface area contributed by atoms with E-state index in [1.807, 2.05) is 6.92 Å². The number of hydrogen-bond donors (Lipinski definition) is 1. The van der Waals surface area contributed by atoms with E-state index < -0.39 is 0 Å². The molecule has 0 aliphatic carbocycles. The Morgan fingerprint density at radius 2 is 2.11 bits per heavy atom. The number of rotatable bonds is 5. The lowest BCUT2D eigenvalue weighted by Gasteiger charge is -2.04. The minimum absolute atomic E-state index is 0.104. The van der Waals surface area contributed by atoms with Crippen LogP contribution in [0.3, 0.4) is 0 Å². The van der Waals surface area contributed by atoms with Crippen molar-refractivity contribution in [1.82, 2.24) is 0 Å². The predicted octanol–water partition coefficient (Wildman–Crippen LogP) is 2.17. The average molecular weight is 151 g/mol. The molecule has 0 aromatic heterocycles. The molecule has 0 aliphatic heterocycles. The van der Waals surface area contributed by atoms with Gasteiger partial charge in [0.05, 0.1) is 6.10 Å². The maximum atomic E-state index is 9.04. The summed E-state index contributed by atoms with van der Waals surface area (Å²) in [7, 11) is 0. The van der Waals surface area contributed by atoms with Gasteiger partial charge in [-0.15, -0.1) is 11.6 Å². The van der Waals surface area contributed by atoms with Gasteiger partial charge in [-0.25, -0.2) is 0 Å². The van der Waals surface area contributed by atoms with Gasteiger partial charge in [0, 0.05) is 5.88 Å². The molecule has 0 aromatic carbocycles. The molecular formula is C7H15ClO. The molecule has 0 radical (unpaired) electrons. The van der Waals surface area contributed by atoms with Crippen molar-refractivity contribution in [3.63, 3.8) is 0 Å². The van der Waals surface area contributed by atoms with Crippen LogP contribution in [0.15, 0.2) is 0 Å². The largest absolute Gasteiger partial charge is 0.393 e. The second kappa shape index (κ2) is 6.37. The molecule has 0 heterocycles. The van der Waals surface area contributed by atoms with Crippen LogP contribution in [0.4, 0.5) is 0 Å². The van der Waals surface area contributed by atoms with Crippen LogP contribution in [-0.2, 0) is 0 Å². The summed E-state index contributed by atoms with van der Waals surface area (Å²) in [6.45, 7) is 1.99. The summed E-state index contributed by atoms with van der Waals surface area (Å²) in [6.07, 6.45) is 3.75. The average Bonchev–Trinajstić information content (AvgIpc) is 1.89. The van der Waals surface area contributed by atoms with Gasteiger partial charge in [-0.1, -0.05) is 6.92 Å². The molecule has 0 fully saturated rings. The number of unbranched alkanes of at least 4 members (excludes halogenated alkanes) is 1. The quantitative estimate of drug-likeness (QED) is 0.471. The summed E-state index contributed by atoms with van der Waals surface area (Å²) in [4.78, 5) is 0. The van der Waals surface area contributed by atoms with Crippen LogP contribution in [0.1, 0.15) is 32.6 Å². The Morgan fingerprint density at radius 1 is 1.44 bits per heavy atom. The van der Waals surface area contributed by atoms with E-state index in [1.165, 1.54) is 0 Å². The number of aliphatic hydroxyl groups is 1. The van der Waals surface area contributed by atoms with Crippen LogP contribution in [0.2, 0.25) is 0 Å². The van der Waals surface area contributed by atoms with Crippen LogP contribution in [-0.4, -0.2) is 17.1 Å². The monoisotopic (exact) mass is 150 g/mol. The molecule has 1 nitrogen and oxygen atoms in total. The van der Waals surface area contributed by atoms with E-state index in [4.69, 9.17) is 16.7 Å². The summed E-state index contributed by atoms with van der Waals surface area (Å²) in [5.41, 5.74) is 0. The fraction of sp³-hybridized carbons (Fsp3) is 1.00. The second-order valence-electron chi connectivity index (χ2n) is 2.25. The Balaban J connectivity index is 2.88. The lowest BCUT2D eigenvalue weighted by Crippen LogP contribution is -2.03. The van der Waals surface area contributed by atoms with Gasteiger partial charge in [0.15, 0.2) is 0 Å². The van der Waals surface area contributed by atoms with Crippen molar-refractivity contribution in [2.45, 2.75) is 38.7 Å². The molecule has 0 amide bonds. The lowest BCUT2D eigenvalue weighted by molar-refractivity contribution is 0.157. The first-order valence-corrected chi connectivity index (χ1v) is 4.08. The second-order valence-corrected chi connectivity index (χ2v) is 2.62. The lowest BCUT2D eigenvalue weighted by atomic mass is 10.1. The summed E-state index contributed by atoms with van der Waals surface area (Å²) in [5, 5.41) is 9.04. The Labute approximate surface area is 62.0 Å². The van der Waals surface area contributed by atoms with Crippen molar-refractivity contribution in [2.24, 2.45) is 0 Å². The molecule has 0 aromatic rings. The van der Waals surface area contributed by atoms with E-state index in [2.05, 4.69) is 0 Å². The number of hydrogen-bond acceptors (Lipinski definition) is 1. The summed E-state index contributed by atoms with van der Waals surface area (Å²) < 4.78 is 0. The third-order valence-electron chi connectivity index (χ3n) is 1.39. The molecule has 9 heavy (non-hydrogen) atoms. The summed E-state index contributed by atoms with van der Waals surface area (Å²) >= 11 is 5.45. The maximum absolute atomic E-state index is 9.04. The number of alkyl halides is 1. The van der Waals surface area contributed by atoms with E-state index in [0.29, 0.717) is 0 Å². The molecule has 56 valence electrons. The van der Waals surface area contributed by atoms with Crippen LogP contribution in [0.5, 0.6) is 0 Å². The number of halogens is 1. The third-order valence-corrected chi connectivity index (χ3v) is 1.66. The van der Waals surface area contributed by atoms with E-state index in [9.17, 15) is 0 Å². The molecule has 0 rings (SSSR count). The van der Waals surface area contributed by atoms with Gasteiger partial charge >= 0.3 is 0 Å². The highest BCUT2D eigenvalue weighted by atomic mass is 35.5. The maximum Gasteiger partial charge on any atom is 0.0537 e. The van der Waals surface area contributed by atoms with Gasteiger partial charge in [0.25, 0.3) is 0 Å². The van der Waals surface area contributed by atoms with Gasteiger partial charge in [-0.3, -0.25) is 0 Å². The molecule has 0 saturated carbocycles. The van der Waals surface area contributed by atoms with Gasteiger partial charge in [-0.05, 0) is 25.7 Å². The molecule has 0 saturated heterocycles. The SMILES string of the molecule is CCC(O)CCCCCl.